The average molecular weight is 347 g/mol. The molecule has 0 saturated carbocycles. The lowest BCUT2D eigenvalue weighted by Gasteiger charge is -2.32. The zero-order valence-corrected chi connectivity index (χ0v) is 14.5. The van der Waals surface area contributed by atoms with Crippen molar-refractivity contribution in [2.45, 2.75) is 18.8 Å². The summed E-state index contributed by atoms with van der Waals surface area (Å²) in [6.45, 7) is 1.47. The third kappa shape index (κ3) is 3.61. The number of amides is 1. The second-order valence-electron chi connectivity index (χ2n) is 6.51. The highest BCUT2D eigenvalue weighted by molar-refractivity contribution is 5.94. The van der Waals surface area contributed by atoms with Gasteiger partial charge in [-0.1, -0.05) is 24.3 Å². The summed E-state index contributed by atoms with van der Waals surface area (Å²) in [5.74, 6) is 2.70. The van der Waals surface area contributed by atoms with Gasteiger partial charge in [0.1, 0.15) is 17.3 Å². The molecule has 1 fully saturated rings. The highest BCUT2D eigenvalue weighted by Crippen LogP contribution is 2.27. The molecule has 1 N–H and O–H groups in total. The Morgan fingerprint density at radius 3 is 2.77 bits per heavy atom. The van der Waals surface area contributed by atoms with Crippen LogP contribution >= 0.6 is 0 Å². The predicted octanol–water partition coefficient (Wildman–Crippen LogP) is 4.22. The number of aromatic nitrogens is 2. The largest absolute Gasteiger partial charge is 0.457 e. The summed E-state index contributed by atoms with van der Waals surface area (Å²) in [5, 5.41) is 0. The van der Waals surface area contributed by atoms with Crippen molar-refractivity contribution in [2.75, 3.05) is 13.1 Å². The van der Waals surface area contributed by atoms with E-state index >= 15 is 0 Å². The number of hydrogen-bond acceptors (Lipinski definition) is 3. The van der Waals surface area contributed by atoms with Crippen LogP contribution in [-0.4, -0.2) is 33.9 Å². The first kappa shape index (κ1) is 16.4. The van der Waals surface area contributed by atoms with Crippen molar-refractivity contribution >= 4 is 5.91 Å². The molecule has 132 valence electrons. The molecule has 0 bridgehead atoms. The highest BCUT2D eigenvalue weighted by atomic mass is 16.5. The van der Waals surface area contributed by atoms with Gasteiger partial charge in [-0.05, 0) is 43.2 Å². The van der Waals surface area contributed by atoms with Crippen molar-refractivity contribution in [3.63, 3.8) is 0 Å². The van der Waals surface area contributed by atoms with Gasteiger partial charge < -0.3 is 14.6 Å². The Kier molecular flexibility index (Phi) is 4.69. The summed E-state index contributed by atoms with van der Waals surface area (Å²) in [7, 11) is 0. The van der Waals surface area contributed by atoms with Crippen molar-refractivity contribution in [1.82, 2.24) is 14.9 Å². The Morgan fingerprint density at radius 1 is 1.12 bits per heavy atom. The minimum atomic E-state index is 0.0415. The van der Waals surface area contributed by atoms with Crippen LogP contribution in [0.3, 0.4) is 0 Å². The lowest BCUT2D eigenvalue weighted by Crippen LogP contribution is -2.39. The van der Waals surface area contributed by atoms with Crippen LogP contribution in [0.1, 0.15) is 34.9 Å². The van der Waals surface area contributed by atoms with Gasteiger partial charge in [-0.25, -0.2) is 4.98 Å². The molecular formula is C21H21N3O2. The molecule has 0 spiro atoms. The van der Waals surface area contributed by atoms with Gasteiger partial charge in [-0.3, -0.25) is 4.79 Å². The van der Waals surface area contributed by atoms with E-state index < -0.39 is 0 Å². The lowest BCUT2D eigenvalue weighted by molar-refractivity contribution is 0.0704. The van der Waals surface area contributed by atoms with Crippen LogP contribution in [0.2, 0.25) is 0 Å². The molecule has 5 heteroatoms. The van der Waals surface area contributed by atoms with Gasteiger partial charge in [0.05, 0.1) is 0 Å². The number of carbonyl (C=O) groups excluding carboxylic acids is 1. The van der Waals surface area contributed by atoms with Crippen molar-refractivity contribution < 1.29 is 9.53 Å². The third-order valence-corrected chi connectivity index (χ3v) is 4.67. The van der Waals surface area contributed by atoms with Gasteiger partial charge in [0, 0.05) is 37.0 Å². The quantitative estimate of drug-likeness (QED) is 0.769. The van der Waals surface area contributed by atoms with Crippen molar-refractivity contribution in [1.29, 1.82) is 0 Å². The summed E-state index contributed by atoms with van der Waals surface area (Å²) in [6, 6.07) is 17.0. The van der Waals surface area contributed by atoms with Crippen molar-refractivity contribution in [3.05, 3.63) is 78.4 Å². The minimum absolute atomic E-state index is 0.0415. The standard InChI is InChI=1S/C21H21N3O2/c25-21(24-13-5-7-17(15-24)20-22-11-12-23-20)16-6-4-10-19(14-16)26-18-8-2-1-3-9-18/h1-4,6,8-12,14,17H,5,7,13,15H2,(H,22,23). The molecule has 0 radical (unpaired) electrons. The smallest absolute Gasteiger partial charge is 0.254 e. The maximum atomic E-state index is 13.0. The first-order valence-electron chi connectivity index (χ1n) is 8.91. The van der Waals surface area contributed by atoms with Crippen molar-refractivity contribution in [3.8, 4) is 11.5 Å². The first-order valence-corrected chi connectivity index (χ1v) is 8.91. The molecule has 2 aromatic carbocycles. The monoisotopic (exact) mass is 347 g/mol. The van der Waals surface area contributed by atoms with Gasteiger partial charge in [-0.2, -0.15) is 0 Å². The van der Waals surface area contributed by atoms with E-state index in [1.807, 2.05) is 65.7 Å². The SMILES string of the molecule is O=C(c1cccc(Oc2ccccc2)c1)N1CCCC(c2ncc[nH]2)C1. The molecule has 0 aliphatic carbocycles. The number of aromatic amines is 1. The molecule has 2 heterocycles. The number of para-hydroxylation sites is 1. The van der Waals surface area contributed by atoms with Gasteiger partial charge >= 0.3 is 0 Å². The Balaban J connectivity index is 1.48. The molecule has 1 saturated heterocycles. The zero-order valence-electron chi connectivity index (χ0n) is 14.5. The highest BCUT2D eigenvalue weighted by Gasteiger charge is 2.26. The second kappa shape index (κ2) is 7.44. The number of piperidine rings is 1. The number of ether oxygens (including phenoxy) is 1. The number of benzene rings is 2. The molecule has 3 aromatic rings. The van der Waals surface area contributed by atoms with E-state index in [4.69, 9.17) is 4.74 Å². The zero-order chi connectivity index (χ0) is 17.8. The fourth-order valence-corrected chi connectivity index (χ4v) is 3.39. The molecule has 5 nitrogen and oxygen atoms in total. The van der Waals surface area contributed by atoms with Crippen LogP contribution in [0.15, 0.2) is 67.0 Å². The van der Waals surface area contributed by atoms with Gasteiger partial charge in [0.15, 0.2) is 0 Å². The second-order valence-corrected chi connectivity index (χ2v) is 6.51. The fourth-order valence-electron chi connectivity index (χ4n) is 3.39. The van der Waals surface area contributed by atoms with Crippen molar-refractivity contribution in [2.24, 2.45) is 0 Å². The maximum Gasteiger partial charge on any atom is 0.254 e. The Hall–Kier alpha value is -3.08. The third-order valence-electron chi connectivity index (χ3n) is 4.67. The average Bonchev–Trinajstić information content (AvgIpc) is 3.23. The van der Waals surface area contributed by atoms with Gasteiger partial charge in [-0.15, -0.1) is 0 Å². The number of H-pyrrole nitrogens is 1. The van der Waals surface area contributed by atoms with Gasteiger partial charge in [0.2, 0.25) is 0 Å². The number of carbonyl (C=O) groups is 1. The number of nitrogens with one attached hydrogen (secondary N) is 1. The maximum absolute atomic E-state index is 13.0. The number of nitrogens with zero attached hydrogens (tertiary/aromatic N) is 2. The minimum Gasteiger partial charge on any atom is -0.457 e. The Bertz CT molecular complexity index is 862. The van der Waals surface area contributed by atoms with Crippen LogP contribution in [0.5, 0.6) is 11.5 Å². The van der Waals surface area contributed by atoms with E-state index in [2.05, 4.69) is 9.97 Å². The van der Waals surface area contributed by atoms with E-state index in [0.29, 0.717) is 17.9 Å². The number of likely N-dealkylation sites (tertiary alicyclic amines) is 1. The molecule has 1 atom stereocenters. The fraction of sp³-hybridized carbons (Fsp3) is 0.238. The van der Waals surface area contributed by atoms with Crippen LogP contribution in [-0.2, 0) is 0 Å². The number of imidazole rings is 1. The predicted molar refractivity (Wildman–Crippen MR) is 99.4 cm³/mol. The van der Waals surface area contributed by atoms with Crippen LogP contribution in [0.4, 0.5) is 0 Å². The van der Waals surface area contributed by atoms with E-state index in [1.165, 1.54) is 0 Å². The molecule has 1 aliphatic rings. The van der Waals surface area contributed by atoms with Crippen LogP contribution in [0, 0.1) is 0 Å². The summed E-state index contributed by atoms with van der Waals surface area (Å²) in [6.07, 6.45) is 5.63. The molecular weight excluding hydrogens is 326 g/mol. The summed E-state index contributed by atoms with van der Waals surface area (Å²) in [5.41, 5.74) is 0.651. The van der Waals surface area contributed by atoms with E-state index in [-0.39, 0.29) is 11.8 Å². The van der Waals surface area contributed by atoms with E-state index in [9.17, 15) is 4.79 Å². The topological polar surface area (TPSA) is 58.2 Å². The molecule has 1 amide bonds. The van der Waals surface area contributed by atoms with Crippen LogP contribution < -0.4 is 4.74 Å². The summed E-state index contributed by atoms with van der Waals surface area (Å²) < 4.78 is 5.85. The summed E-state index contributed by atoms with van der Waals surface area (Å²) in [4.78, 5) is 22.4. The molecule has 4 rings (SSSR count). The molecule has 26 heavy (non-hydrogen) atoms. The lowest BCUT2D eigenvalue weighted by atomic mass is 9.96. The van der Waals surface area contributed by atoms with E-state index in [0.717, 1.165) is 31.0 Å². The number of rotatable bonds is 4. The van der Waals surface area contributed by atoms with Gasteiger partial charge in [0.25, 0.3) is 5.91 Å². The van der Waals surface area contributed by atoms with Crippen LogP contribution in [0.25, 0.3) is 0 Å². The normalized spacial score (nSPS) is 17.1. The molecule has 1 aromatic heterocycles. The molecule has 1 unspecified atom stereocenters. The molecule has 1 aliphatic heterocycles. The Labute approximate surface area is 152 Å². The number of hydrogen-bond donors (Lipinski definition) is 1. The Morgan fingerprint density at radius 2 is 1.96 bits per heavy atom. The first-order chi connectivity index (χ1) is 12.8. The summed E-state index contributed by atoms with van der Waals surface area (Å²) >= 11 is 0. The van der Waals surface area contributed by atoms with E-state index in [1.54, 1.807) is 6.20 Å².